The molecule has 0 radical (unpaired) electrons. The largest absolute Gasteiger partial charge is 0.411 e. The lowest BCUT2D eigenvalue weighted by molar-refractivity contribution is -0.175. The normalized spacial score (nSPS) is 13.4. The van der Waals surface area contributed by atoms with Gasteiger partial charge in [-0.15, -0.1) is 11.3 Å². The highest BCUT2D eigenvalue weighted by Crippen LogP contribution is 2.18. The molecule has 0 aromatic carbocycles. The highest BCUT2D eigenvalue weighted by atomic mass is 32.1. The maximum atomic E-state index is 11.7. The van der Waals surface area contributed by atoms with Crippen molar-refractivity contribution in [1.29, 1.82) is 0 Å². The zero-order valence-electron chi connectivity index (χ0n) is 9.08. The van der Waals surface area contributed by atoms with Crippen LogP contribution in [-0.2, 0) is 9.53 Å². The summed E-state index contributed by atoms with van der Waals surface area (Å²) in [5, 5.41) is 4.41. The van der Waals surface area contributed by atoms with Gasteiger partial charge in [-0.25, -0.2) is 0 Å². The van der Waals surface area contributed by atoms with E-state index in [1.165, 1.54) is 11.3 Å². The second-order valence-electron chi connectivity index (χ2n) is 3.41. The fraction of sp³-hybridized carbons (Fsp3) is 0.500. The predicted molar refractivity (Wildman–Crippen MR) is 57.8 cm³/mol. The Bertz CT molecular complexity index is 351. The van der Waals surface area contributed by atoms with Crippen molar-refractivity contribution in [3.8, 4) is 0 Å². The van der Waals surface area contributed by atoms with Gasteiger partial charge < -0.3 is 10.1 Å². The van der Waals surface area contributed by atoms with E-state index in [1.807, 2.05) is 17.5 Å². The minimum atomic E-state index is -4.40. The topological polar surface area (TPSA) is 38.3 Å². The quantitative estimate of drug-likeness (QED) is 0.890. The predicted octanol–water partition coefficient (Wildman–Crippen LogP) is 2.50. The molecule has 17 heavy (non-hydrogen) atoms. The molecule has 1 amide bonds. The highest BCUT2D eigenvalue weighted by Gasteiger charge is 2.27. The average Bonchev–Trinajstić information content (AvgIpc) is 2.67. The van der Waals surface area contributed by atoms with Crippen LogP contribution in [0, 0.1) is 0 Å². The number of alkyl halides is 3. The lowest BCUT2D eigenvalue weighted by atomic mass is 10.3. The van der Waals surface area contributed by atoms with Crippen LogP contribution in [-0.4, -0.2) is 25.3 Å². The zero-order chi connectivity index (χ0) is 12.9. The molecule has 3 nitrogen and oxygen atoms in total. The SMILES string of the molecule is C[C@H](NC(=O)COCC(F)(F)F)c1cccs1. The van der Waals surface area contributed by atoms with Crippen LogP contribution in [0.1, 0.15) is 17.8 Å². The van der Waals surface area contributed by atoms with Crippen LogP contribution in [0.25, 0.3) is 0 Å². The van der Waals surface area contributed by atoms with Gasteiger partial charge in [0, 0.05) is 4.88 Å². The molecule has 0 fully saturated rings. The van der Waals surface area contributed by atoms with E-state index in [9.17, 15) is 18.0 Å². The van der Waals surface area contributed by atoms with E-state index < -0.39 is 25.3 Å². The molecule has 96 valence electrons. The second-order valence-corrected chi connectivity index (χ2v) is 4.39. The molecule has 0 aliphatic heterocycles. The molecular formula is C10H12F3NO2S. The molecule has 1 aromatic heterocycles. The Morgan fingerprint density at radius 1 is 1.59 bits per heavy atom. The van der Waals surface area contributed by atoms with E-state index in [0.29, 0.717) is 0 Å². The molecule has 0 aliphatic carbocycles. The number of ether oxygens (including phenoxy) is 1. The number of halogens is 3. The molecule has 0 bridgehead atoms. The van der Waals surface area contributed by atoms with Gasteiger partial charge in [0.25, 0.3) is 0 Å². The van der Waals surface area contributed by atoms with Crippen LogP contribution in [0.15, 0.2) is 17.5 Å². The van der Waals surface area contributed by atoms with E-state index in [1.54, 1.807) is 6.92 Å². The molecule has 1 heterocycles. The summed E-state index contributed by atoms with van der Waals surface area (Å²) in [6.07, 6.45) is -4.40. The van der Waals surface area contributed by atoms with Gasteiger partial charge in [-0.1, -0.05) is 6.07 Å². The van der Waals surface area contributed by atoms with Crippen LogP contribution in [0.5, 0.6) is 0 Å². The lowest BCUT2D eigenvalue weighted by Gasteiger charge is -2.12. The van der Waals surface area contributed by atoms with E-state index >= 15 is 0 Å². The Balaban J connectivity index is 2.26. The number of nitrogens with one attached hydrogen (secondary N) is 1. The molecule has 0 aliphatic rings. The Morgan fingerprint density at radius 2 is 2.29 bits per heavy atom. The Morgan fingerprint density at radius 3 is 2.82 bits per heavy atom. The van der Waals surface area contributed by atoms with E-state index in [4.69, 9.17) is 0 Å². The second kappa shape index (κ2) is 6.02. The molecular weight excluding hydrogens is 255 g/mol. The average molecular weight is 267 g/mol. The summed E-state index contributed by atoms with van der Waals surface area (Å²) in [7, 11) is 0. The summed E-state index contributed by atoms with van der Waals surface area (Å²) in [6.45, 7) is -0.240. The number of amides is 1. The molecule has 7 heteroatoms. The van der Waals surface area contributed by atoms with E-state index in [-0.39, 0.29) is 6.04 Å². The number of rotatable bonds is 5. The van der Waals surface area contributed by atoms with Crippen molar-refractivity contribution in [3.63, 3.8) is 0 Å². The van der Waals surface area contributed by atoms with Gasteiger partial charge in [-0.05, 0) is 18.4 Å². The number of hydrogen-bond acceptors (Lipinski definition) is 3. The third kappa shape index (κ3) is 5.69. The molecule has 1 atom stereocenters. The molecule has 1 N–H and O–H groups in total. The molecule has 0 spiro atoms. The lowest BCUT2D eigenvalue weighted by Crippen LogP contribution is -2.31. The van der Waals surface area contributed by atoms with Crippen molar-refractivity contribution in [2.45, 2.75) is 19.1 Å². The maximum absolute atomic E-state index is 11.7. The zero-order valence-corrected chi connectivity index (χ0v) is 9.90. The number of hydrogen-bond donors (Lipinski definition) is 1. The van der Waals surface area contributed by atoms with Crippen molar-refractivity contribution in [1.82, 2.24) is 5.32 Å². The number of thiophene rings is 1. The smallest absolute Gasteiger partial charge is 0.362 e. The summed E-state index contributed by atoms with van der Waals surface area (Å²) < 4.78 is 39.5. The fourth-order valence-corrected chi connectivity index (χ4v) is 1.89. The first kappa shape index (κ1) is 14.0. The molecule has 0 saturated heterocycles. The molecule has 0 saturated carbocycles. The van der Waals surface area contributed by atoms with Gasteiger partial charge in [0.1, 0.15) is 13.2 Å². The number of carbonyl (C=O) groups is 1. The summed E-state index contributed by atoms with van der Waals surface area (Å²) in [4.78, 5) is 12.2. The van der Waals surface area contributed by atoms with Crippen LogP contribution in [0.2, 0.25) is 0 Å². The minimum absolute atomic E-state index is 0.225. The number of carbonyl (C=O) groups excluding carboxylic acids is 1. The van der Waals surface area contributed by atoms with Crippen LogP contribution >= 0.6 is 11.3 Å². The third-order valence-electron chi connectivity index (χ3n) is 1.85. The minimum Gasteiger partial charge on any atom is -0.362 e. The van der Waals surface area contributed by atoms with Crippen molar-refractivity contribution >= 4 is 17.2 Å². The monoisotopic (exact) mass is 267 g/mol. The van der Waals surface area contributed by atoms with Gasteiger partial charge in [-0.3, -0.25) is 4.79 Å². The third-order valence-corrected chi connectivity index (χ3v) is 2.90. The van der Waals surface area contributed by atoms with Gasteiger partial charge in [0.05, 0.1) is 6.04 Å². The van der Waals surface area contributed by atoms with Crippen molar-refractivity contribution < 1.29 is 22.7 Å². The fourth-order valence-electron chi connectivity index (χ4n) is 1.15. The molecule has 0 unspecified atom stereocenters. The van der Waals surface area contributed by atoms with Crippen LogP contribution in [0.4, 0.5) is 13.2 Å². The summed E-state index contributed by atoms with van der Waals surface area (Å²) in [5.74, 6) is -0.560. The van der Waals surface area contributed by atoms with Gasteiger partial charge in [-0.2, -0.15) is 13.2 Å². The Hall–Kier alpha value is -1.08. The van der Waals surface area contributed by atoms with Crippen LogP contribution < -0.4 is 5.32 Å². The first-order valence-corrected chi connectivity index (χ1v) is 5.74. The summed E-state index contributed by atoms with van der Waals surface area (Å²) in [5.41, 5.74) is 0. The van der Waals surface area contributed by atoms with E-state index in [0.717, 1.165) is 4.88 Å². The van der Waals surface area contributed by atoms with E-state index in [2.05, 4.69) is 10.1 Å². The maximum Gasteiger partial charge on any atom is 0.411 e. The Labute approximate surface area is 101 Å². The summed E-state index contributed by atoms with van der Waals surface area (Å²) >= 11 is 1.47. The first-order valence-electron chi connectivity index (χ1n) is 4.86. The molecule has 1 aromatic rings. The van der Waals surface area contributed by atoms with Gasteiger partial charge >= 0.3 is 6.18 Å². The van der Waals surface area contributed by atoms with Gasteiger partial charge in [0.2, 0.25) is 5.91 Å². The van der Waals surface area contributed by atoms with Crippen molar-refractivity contribution in [2.24, 2.45) is 0 Å². The van der Waals surface area contributed by atoms with Gasteiger partial charge in [0.15, 0.2) is 0 Å². The van der Waals surface area contributed by atoms with Crippen molar-refractivity contribution in [2.75, 3.05) is 13.2 Å². The highest BCUT2D eigenvalue weighted by molar-refractivity contribution is 7.10. The molecule has 1 rings (SSSR count). The standard InChI is InChI=1S/C10H12F3NO2S/c1-7(8-3-2-4-17-8)14-9(15)5-16-6-10(11,12)13/h2-4,7H,5-6H2,1H3,(H,14,15)/t7-/m0/s1. The first-order chi connectivity index (χ1) is 7.88. The van der Waals surface area contributed by atoms with Crippen molar-refractivity contribution in [3.05, 3.63) is 22.4 Å². The summed E-state index contributed by atoms with van der Waals surface area (Å²) in [6, 6.07) is 3.45. The van der Waals surface area contributed by atoms with Crippen LogP contribution in [0.3, 0.4) is 0 Å². The Kier molecular flexibility index (Phi) is 4.95.